The number of hydrogen-bond acceptors (Lipinski definition) is 3. The lowest BCUT2D eigenvalue weighted by molar-refractivity contribution is 0.476. The number of aryl methyl sites for hydroxylation is 1. The Morgan fingerprint density at radius 1 is 1.46 bits per heavy atom. The van der Waals surface area contributed by atoms with Gasteiger partial charge in [-0.25, -0.2) is 4.98 Å². The lowest BCUT2D eigenvalue weighted by Gasteiger charge is -2.01. The number of anilines is 1. The summed E-state index contributed by atoms with van der Waals surface area (Å²) in [6, 6.07) is 3.61. The highest BCUT2D eigenvalue weighted by atomic mass is 16.3. The minimum Gasteiger partial charge on any atom is -0.504 e. The Kier molecular flexibility index (Phi) is 1.62. The van der Waals surface area contributed by atoms with E-state index in [0.717, 1.165) is 16.7 Å². The van der Waals surface area contributed by atoms with Crippen molar-refractivity contribution in [2.24, 2.45) is 0 Å². The molecule has 0 amide bonds. The maximum atomic E-state index is 9.47. The summed E-state index contributed by atoms with van der Waals surface area (Å²) in [5.41, 5.74) is 2.75. The van der Waals surface area contributed by atoms with Gasteiger partial charge in [0.1, 0.15) is 0 Å². The van der Waals surface area contributed by atoms with E-state index in [9.17, 15) is 5.11 Å². The molecular weight excluding hydrogens is 166 g/mol. The van der Waals surface area contributed by atoms with Crippen molar-refractivity contribution in [3.63, 3.8) is 0 Å². The molecule has 0 bridgehead atoms. The van der Waals surface area contributed by atoms with Gasteiger partial charge in [-0.3, -0.25) is 0 Å². The molecule has 68 valence electrons. The molecule has 0 unspecified atom stereocenters. The van der Waals surface area contributed by atoms with Crippen LogP contribution < -0.4 is 5.32 Å². The molecule has 0 fully saturated rings. The molecule has 2 aromatic heterocycles. The third kappa shape index (κ3) is 1.20. The molecule has 0 aliphatic heterocycles. The van der Waals surface area contributed by atoms with Gasteiger partial charge in [0.05, 0.1) is 11.0 Å². The molecule has 3 N–H and O–H groups in total. The number of nitrogens with one attached hydrogen (secondary N) is 2. The minimum atomic E-state index is 0.164. The van der Waals surface area contributed by atoms with E-state index in [0.29, 0.717) is 5.82 Å². The molecule has 0 saturated carbocycles. The van der Waals surface area contributed by atoms with Gasteiger partial charge in [0, 0.05) is 18.8 Å². The molecule has 13 heavy (non-hydrogen) atoms. The van der Waals surface area contributed by atoms with E-state index in [4.69, 9.17) is 0 Å². The average Bonchev–Trinajstić information content (AvgIpc) is 2.42. The standard InChI is InChI=1S/C9H11N3O/c1-5-3-6-7(11-5)4-8(13)9(10-2)12-6/h3-4,11,13H,1-2H3,(H,10,12). The minimum absolute atomic E-state index is 0.164. The number of pyridine rings is 1. The predicted octanol–water partition coefficient (Wildman–Crippen LogP) is 1.62. The molecule has 0 aromatic carbocycles. The molecule has 4 nitrogen and oxygen atoms in total. The summed E-state index contributed by atoms with van der Waals surface area (Å²) in [5, 5.41) is 12.3. The Labute approximate surface area is 75.6 Å². The number of aromatic amines is 1. The smallest absolute Gasteiger partial charge is 0.168 e. The van der Waals surface area contributed by atoms with Crippen molar-refractivity contribution in [3.8, 4) is 5.75 Å². The summed E-state index contributed by atoms with van der Waals surface area (Å²) in [6.07, 6.45) is 0. The summed E-state index contributed by atoms with van der Waals surface area (Å²) >= 11 is 0. The van der Waals surface area contributed by atoms with Crippen molar-refractivity contribution < 1.29 is 5.11 Å². The molecule has 0 aliphatic rings. The first-order chi connectivity index (χ1) is 6.20. The summed E-state index contributed by atoms with van der Waals surface area (Å²) in [7, 11) is 1.73. The number of rotatable bonds is 1. The van der Waals surface area contributed by atoms with Gasteiger partial charge in [0.15, 0.2) is 11.6 Å². The van der Waals surface area contributed by atoms with Gasteiger partial charge in [-0.2, -0.15) is 0 Å². The van der Waals surface area contributed by atoms with Crippen molar-refractivity contribution in [1.29, 1.82) is 0 Å². The molecule has 0 spiro atoms. The fourth-order valence-electron chi connectivity index (χ4n) is 1.36. The normalized spacial score (nSPS) is 10.6. The highest BCUT2D eigenvalue weighted by Gasteiger charge is 2.05. The Bertz CT molecular complexity index is 447. The van der Waals surface area contributed by atoms with Crippen LogP contribution >= 0.6 is 0 Å². The zero-order valence-electron chi connectivity index (χ0n) is 7.55. The molecule has 0 radical (unpaired) electrons. The second-order valence-corrected chi connectivity index (χ2v) is 2.99. The zero-order valence-corrected chi connectivity index (χ0v) is 7.55. The van der Waals surface area contributed by atoms with Crippen LogP contribution in [0, 0.1) is 6.92 Å². The van der Waals surface area contributed by atoms with Crippen LogP contribution in [-0.2, 0) is 0 Å². The van der Waals surface area contributed by atoms with Crippen LogP contribution in [-0.4, -0.2) is 22.1 Å². The van der Waals surface area contributed by atoms with E-state index < -0.39 is 0 Å². The van der Waals surface area contributed by atoms with Crippen LogP contribution in [0.1, 0.15) is 5.69 Å². The van der Waals surface area contributed by atoms with Gasteiger partial charge >= 0.3 is 0 Å². The molecule has 2 rings (SSSR count). The summed E-state index contributed by atoms with van der Waals surface area (Å²) in [4.78, 5) is 7.32. The Hall–Kier alpha value is -1.71. The van der Waals surface area contributed by atoms with Crippen molar-refractivity contribution in [2.75, 3.05) is 12.4 Å². The highest BCUT2D eigenvalue weighted by Crippen LogP contribution is 2.25. The maximum Gasteiger partial charge on any atom is 0.168 e. The topological polar surface area (TPSA) is 60.9 Å². The quantitative estimate of drug-likeness (QED) is 0.620. The van der Waals surface area contributed by atoms with Gasteiger partial charge < -0.3 is 15.4 Å². The Morgan fingerprint density at radius 2 is 2.23 bits per heavy atom. The second kappa shape index (κ2) is 2.65. The summed E-state index contributed by atoms with van der Waals surface area (Å²) < 4.78 is 0. The van der Waals surface area contributed by atoms with Crippen LogP contribution in [0.3, 0.4) is 0 Å². The first-order valence-corrected chi connectivity index (χ1v) is 4.08. The number of H-pyrrole nitrogens is 1. The van der Waals surface area contributed by atoms with E-state index in [1.165, 1.54) is 0 Å². The van der Waals surface area contributed by atoms with Gasteiger partial charge in [0.2, 0.25) is 0 Å². The molecule has 0 saturated heterocycles. The highest BCUT2D eigenvalue weighted by molar-refractivity contribution is 5.80. The lowest BCUT2D eigenvalue weighted by Crippen LogP contribution is -1.91. The molecule has 0 aliphatic carbocycles. The lowest BCUT2D eigenvalue weighted by atomic mass is 10.3. The maximum absolute atomic E-state index is 9.47. The monoisotopic (exact) mass is 177 g/mol. The van der Waals surface area contributed by atoms with Crippen LogP contribution in [0.4, 0.5) is 5.82 Å². The van der Waals surface area contributed by atoms with Gasteiger partial charge in [0.25, 0.3) is 0 Å². The fraction of sp³-hybridized carbons (Fsp3) is 0.222. The zero-order chi connectivity index (χ0) is 9.42. The van der Waals surface area contributed by atoms with Crippen LogP contribution in [0.25, 0.3) is 11.0 Å². The summed E-state index contributed by atoms with van der Waals surface area (Å²) in [5.74, 6) is 0.670. The number of hydrogen-bond donors (Lipinski definition) is 3. The fourth-order valence-corrected chi connectivity index (χ4v) is 1.36. The van der Waals surface area contributed by atoms with Gasteiger partial charge in [-0.05, 0) is 13.0 Å². The van der Waals surface area contributed by atoms with Crippen molar-refractivity contribution in [3.05, 3.63) is 17.8 Å². The number of aromatic hydroxyl groups is 1. The van der Waals surface area contributed by atoms with Crippen LogP contribution in [0.2, 0.25) is 0 Å². The number of nitrogens with zero attached hydrogens (tertiary/aromatic N) is 1. The predicted molar refractivity (Wildman–Crippen MR) is 52.0 cm³/mol. The van der Waals surface area contributed by atoms with Gasteiger partial charge in [-0.15, -0.1) is 0 Å². The first-order valence-electron chi connectivity index (χ1n) is 4.08. The van der Waals surface area contributed by atoms with Gasteiger partial charge in [-0.1, -0.05) is 0 Å². The SMILES string of the molecule is CNc1nc2cc(C)[nH]c2cc1O. The largest absolute Gasteiger partial charge is 0.504 e. The third-order valence-corrected chi connectivity index (χ3v) is 1.95. The van der Waals surface area contributed by atoms with E-state index in [2.05, 4.69) is 15.3 Å². The van der Waals surface area contributed by atoms with Crippen LogP contribution in [0.5, 0.6) is 5.75 Å². The second-order valence-electron chi connectivity index (χ2n) is 2.99. The molecular formula is C9H11N3O. The third-order valence-electron chi connectivity index (χ3n) is 1.95. The van der Waals surface area contributed by atoms with Crippen molar-refractivity contribution in [2.45, 2.75) is 6.92 Å². The molecule has 2 heterocycles. The number of fused-ring (bicyclic) bond motifs is 1. The van der Waals surface area contributed by atoms with Crippen molar-refractivity contribution >= 4 is 16.9 Å². The molecule has 2 aromatic rings. The molecule has 4 heteroatoms. The summed E-state index contributed by atoms with van der Waals surface area (Å²) in [6.45, 7) is 1.96. The van der Waals surface area contributed by atoms with Crippen molar-refractivity contribution in [1.82, 2.24) is 9.97 Å². The van der Waals surface area contributed by atoms with Crippen LogP contribution in [0.15, 0.2) is 12.1 Å². The Morgan fingerprint density at radius 3 is 2.92 bits per heavy atom. The van der Waals surface area contributed by atoms with E-state index in [1.807, 2.05) is 13.0 Å². The van der Waals surface area contributed by atoms with E-state index in [1.54, 1.807) is 13.1 Å². The van der Waals surface area contributed by atoms with E-state index in [-0.39, 0.29) is 5.75 Å². The first kappa shape index (κ1) is 7.91. The van der Waals surface area contributed by atoms with E-state index >= 15 is 0 Å². The average molecular weight is 177 g/mol. The Balaban J connectivity index is 2.72. The number of aromatic nitrogens is 2. The molecule has 0 atom stereocenters.